The molecule has 0 atom stereocenters. The molecule has 0 fully saturated rings. The van der Waals surface area contributed by atoms with Crippen LogP contribution in [0.2, 0.25) is 0 Å². The molecule has 6 heteroatoms. The summed E-state index contributed by atoms with van der Waals surface area (Å²) in [7, 11) is 0. The summed E-state index contributed by atoms with van der Waals surface area (Å²) in [5.41, 5.74) is 16.6. The number of hydrogen-bond acceptors (Lipinski definition) is 6. The van der Waals surface area contributed by atoms with Gasteiger partial charge in [-0.15, -0.1) is 0 Å². The third-order valence-electron chi connectivity index (χ3n) is 15.5. The number of hydrogen-bond donors (Lipinski definition) is 0. The Hall–Kier alpha value is -10.8. The van der Waals surface area contributed by atoms with Crippen molar-refractivity contribution in [1.82, 2.24) is 29.9 Å². The quantitative estimate of drug-likeness (QED) is 0.154. The van der Waals surface area contributed by atoms with Gasteiger partial charge in [0.1, 0.15) is 0 Å². The zero-order chi connectivity index (χ0) is 52.9. The van der Waals surface area contributed by atoms with Gasteiger partial charge in [0.15, 0.2) is 0 Å². The average Bonchev–Trinajstić information content (AvgIpc) is 3.57. The van der Waals surface area contributed by atoms with E-state index in [1.54, 1.807) is 24.8 Å². The molecule has 0 aliphatic rings. The van der Waals surface area contributed by atoms with E-state index in [-0.39, 0.29) is 0 Å². The molecule has 6 nitrogen and oxygen atoms in total. The minimum atomic E-state index is 0.936. The van der Waals surface area contributed by atoms with Crippen molar-refractivity contribution >= 4 is 86.7 Å². The van der Waals surface area contributed by atoms with Gasteiger partial charge in [-0.05, 0) is 144 Å². The molecule has 16 aromatic rings. The molecular weight excluding hydrogens is 973 g/mol. The molecule has 6 heterocycles. The minimum absolute atomic E-state index is 0.936. The largest absolute Gasteiger partial charge is 0.265 e. The van der Waals surface area contributed by atoms with E-state index in [0.29, 0.717) is 0 Å². The number of pyridine rings is 6. The van der Waals surface area contributed by atoms with E-state index in [4.69, 9.17) is 19.9 Å². The van der Waals surface area contributed by atoms with Crippen molar-refractivity contribution in [2.45, 2.75) is 0 Å². The second kappa shape index (κ2) is 19.6. The second-order valence-electron chi connectivity index (χ2n) is 20.3. The molecule has 0 N–H and O–H groups in total. The number of benzene rings is 10. The van der Waals surface area contributed by atoms with Crippen LogP contribution in [-0.4, -0.2) is 29.9 Å². The molecule has 0 spiro atoms. The fraction of sp³-hybridized carbons (Fsp3) is 0. The Morgan fingerprint density at radius 2 is 0.575 bits per heavy atom. The van der Waals surface area contributed by atoms with Gasteiger partial charge in [-0.2, -0.15) is 0 Å². The zero-order valence-electron chi connectivity index (χ0n) is 43.2. The third-order valence-corrected chi connectivity index (χ3v) is 15.5. The van der Waals surface area contributed by atoms with Gasteiger partial charge in [0, 0.05) is 68.6 Å². The number of nitrogens with zero attached hydrogens (tertiary/aromatic N) is 6. The van der Waals surface area contributed by atoms with Crippen LogP contribution in [0.4, 0.5) is 0 Å². The van der Waals surface area contributed by atoms with Crippen LogP contribution in [0.3, 0.4) is 0 Å². The first-order valence-corrected chi connectivity index (χ1v) is 26.9. The Kier molecular flexibility index (Phi) is 11.4. The first-order chi connectivity index (χ1) is 39.6. The van der Waals surface area contributed by atoms with Crippen LogP contribution in [-0.2, 0) is 0 Å². The average molecular weight is 1020 g/mol. The summed E-state index contributed by atoms with van der Waals surface area (Å²) < 4.78 is 0. The Labute approximate surface area is 461 Å². The van der Waals surface area contributed by atoms with Gasteiger partial charge in [-0.25, -0.2) is 19.9 Å². The van der Waals surface area contributed by atoms with Crippen molar-refractivity contribution in [2.24, 2.45) is 0 Å². The lowest BCUT2D eigenvalue weighted by Crippen LogP contribution is -1.90. The van der Waals surface area contributed by atoms with Crippen molar-refractivity contribution in [3.63, 3.8) is 0 Å². The second-order valence-corrected chi connectivity index (χ2v) is 20.3. The van der Waals surface area contributed by atoms with Crippen LogP contribution in [0.5, 0.6) is 0 Å². The van der Waals surface area contributed by atoms with Crippen LogP contribution < -0.4 is 0 Å². The molecule has 16 rings (SSSR count). The third kappa shape index (κ3) is 8.58. The number of aromatic nitrogens is 6. The monoisotopic (exact) mass is 1020 g/mol. The maximum Gasteiger partial charge on any atom is 0.0716 e. The predicted molar refractivity (Wildman–Crippen MR) is 332 cm³/mol. The van der Waals surface area contributed by atoms with Gasteiger partial charge < -0.3 is 0 Å². The summed E-state index contributed by atoms with van der Waals surface area (Å²) in [5.74, 6) is 0. The topological polar surface area (TPSA) is 77.3 Å². The highest BCUT2D eigenvalue weighted by molar-refractivity contribution is 6.15. The van der Waals surface area contributed by atoms with Crippen molar-refractivity contribution in [2.75, 3.05) is 0 Å². The smallest absolute Gasteiger partial charge is 0.0716 e. The highest BCUT2D eigenvalue weighted by Gasteiger charge is 2.14. The SMILES string of the molecule is c1ccc2c(c1)cc(-c1ccc3ccc(-c4ccc5ccc(-c6ccncc6)nc5c4)nc3c1)c1ccccc12.c1ccc2c(c1)ccc1cccc(-c3ccc4ccc(-c5ccc6ccc(-c7ccncc7)nc6c5)nc4c3)c12. The van der Waals surface area contributed by atoms with Crippen LogP contribution in [0.25, 0.3) is 154 Å². The van der Waals surface area contributed by atoms with E-state index in [1.165, 1.54) is 65.3 Å². The van der Waals surface area contributed by atoms with Gasteiger partial charge in [-0.3, -0.25) is 9.97 Å². The molecule has 372 valence electrons. The van der Waals surface area contributed by atoms with E-state index in [1.807, 2.05) is 24.3 Å². The normalized spacial score (nSPS) is 11.5. The molecular formula is C74H46N6. The highest BCUT2D eigenvalue weighted by atomic mass is 14.7. The lowest BCUT2D eigenvalue weighted by molar-refractivity contribution is 1.31. The van der Waals surface area contributed by atoms with Gasteiger partial charge >= 0.3 is 0 Å². The first kappa shape index (κ1) is 46.5. The highest BCUT2D eigenvalue weighted by Crippen LogP contribution is 2.39. The molecule has 0 radical (unpaired) electrons. The molecule has 10 aromatic carbocycles. The Bertz CT molecular complexity index is 4870. The summed E-state index contributed by atoms with van der Waals surface area (Å²) in [6.45, 7) is 0. The van der Waals surface area contributed by atoms with E-state index >= 15 is 0 Å². The lowest BCUT2D eigenvalue weighted by Gasteiger charge is -2.12. The molecule has 0 unspecified atom stereocenters. The molecule has 0 saturated heterocycles. The molecule has 0 amide bonds. The van der Waals surface area contributed by atoms with Crippen molar-refractivity contribution in [3.8, 4) is 67.3 Å². The summed E-state index contributed by atoms with van der Waals surface area (Å²) >= 11 is 0. The molecule has 0 bridgehead atoms. The lowest BCUT2D eigenvalue weighted by atomic mass is 9.93. The van der Waals surface area contributed by atoms with E-state index < -0.39 is 0 Å². The Morgan fingerprint density at radius 1 is 0.200 bits per heavy atom. The van der Waals surface area contributed by atoms with Crippen molar-refractivity contribution < 1.29 is 0 Å². The van der Waals surface area contributed by atoms with Crippen LogP contribution >= 0.6 is 0 Å². The Morgan fingerprint density at radius 3 is 1.11 bits per heavy atom. The molecule has 80 heavy (non-hydrogen) atoms. The van der Waals surface area contributed by atoms with Crippen LogP contribution in [0.15, 0.2) is 280 Å². The van der Waals surface area contributed by atoms with E-state index in [2.05, 4.69) is 240 Å². The van der Waals surface area contributed by atoms with Gasteiger partial charge in [-0.1, -0.05) is 176 Å². The fourth-order valence-corrected chi connectivity index (χ4v) is 11.4. The summed E-state index contributed by atoms with van der Waals surface area (Å²) in [5, 5.41) is 14.5. The maximum absolute atomic E-state index is 5.13. The molecule has 0 aliphatic carbocycles. The first-order valence-electron chi connectivity index (χ1n) is 26.9. The number of fused-ring (bicyclic) bond motifs is 10. The van der Waals surface area contributed by atoms with Gasteiger partial charge in [0.25, 0.3) is 0 Å². The standard InChI is InChI=1S/2C37H23N3/c1-2-6-30-27(5-1)21-33(32-8-4-3-7-31(30)32)28-11-9-24-14-16-35(40-36(24)22-28)29-12-10-25-13-15-34(39-37(25)23-29)26-17-19-38-20-18-26;1-2-6-31-24(4-1)8-11-28-5-3-7-32(37(28)31)29-12-9-25-15-17-34(40-35(25)22-29)30-13-10-26-14-16-33(39-36(26)23-30)27-18-20-38-21-19-27/h2*1-23H. The number of rotatable bonds is 6. The van der Waals surface area contributed by atoms with Crippen LogP contribution in [0, 0.1) is 0 Å². The van der Waals surface area contributed by atoms with Crippen molar-refractivity contribution in [1.29, 1.82) is 0 Å². The summed E-state index contributed by atoms with van der Waals surface area (Å²) in [4.78, 5) is 28.4. The van der Waals surface area contributed by atoms with Crippen molar-refractivity contribution in [3.05, 3.63) is 280 Å². The summed E-state index contributed by atoms with van der Waals surface area (Å²) in [6, 6.07) is 89.9. The Balaban J connectivity index is 0.000000138. The maximum atomic E-state index is 5.13. The minimum Gasteiger partial charge on any atom is -0.265 e. The molecule has 0 aliphatic heterocycles. The molecule has 6 aromatic heterocycles. The van der Waals surface area contributed by atoms with Crippen LogP contribution in [0.1, 0.15) is 0 Å². The fourth-order valence-electron chi connectivity index (χ4n) is 11.4. The van der Waals surface area contributed by atoms with E-state index in [9.17, 15) is 0 Å². The van der Waals surface area contributed by atoms with Gasteiger partial charge in [0.2, 0.25) is 0 Å². The van der Waals surface area contributed by atoms with E-state index in [0.717, 1.165) is 88.6 Å². The molecule has 0 saturated carbocycles. The van der Waals surface area contributed by atoms with Gasteiger partial charge in [0.05, 0.1) is 44.8 Å². The summed E-state index contributed by atoms with van der Waals surface area (Å²) in [6.07, 6.45) is 7.19. The zero-order valence-corrected chi connectivity index (χ0v) is 43.2. The predicted octanol–water partition coefficient (Wildman–Crippen LogP) is 19.0.